The fourth-order valence-electron chi connectivity index (χ4n) is 2.64. The van der Waals surface area contributed by atoms with Crippen LogP contribution in [0.1, 0.15) is 32.1 Å². The number of nitrogens with one attached hydrogen (secondary N) is 4. The van der Waals surface area contributed by atoms with Gasteiger partial charge in [0.25, 0.3) is 0 Å². The molecule has 0 radical (unpaired) electrons. The van der Waals surface area contributed by atoms with Crippen molar-refractivity contribution in [2.24, 2.45) is 5.73 Å². The van der Waals surface area contributed by atoms with Gasteiger partial charge in [0.1, 0.15) is 0 Å². The van der Waals surface area contributed by atoms with Crippen LogP contribution < -0.4 is 27.0 Å². The highest BCUT2D eigenvalue weighted by atomic mass is 16.2. The molecule has 5 amide bonds. The minimum atomic E-state index is -0.506. The largest absolute Gasteiger partial charge is 0.341 e. The monoisotopic (exact) mass is 342 g/mol. The van der Waals surface area contributed by atoms with E-state index in [1.165, 1.54) is 0 Å². The first-order valence-electron chi connectivity index (χ1n) is 8.46. The summed E-state index contributed by atoms with van der Waals surface area (Å²) in [7, 11) is 3.15. The number of nitrogens with zero attached hydrogens (tertiary/aromatic N) is 1. The first-order valence-corrected chi connectivity index (χ1v) is 8.46. The van der Waals surface area contributed by atoms with Gasteiger partial charge in [-0.25, -0.2) is 9.59 Å². The van der Waals surface area contributed by atoms with E-state index in [0.29, 0.717) is 26.1 Å². The van der Waals surface area contributed by atoms with Crippen molar-refractivity contribution in [3.05, 3.63) is 0 Å². The molecule has 1 saturated heterocycles. The molecule has 138 valence electrons. The van der Waals surface area contributed by atoms with E-state index in [4.69, 9.17) is 5.73 Å². The standard InChI is InChI=1S/C15H30N6O3/c1-17-14(23)19-8-4-3-5-12(16)13(22)21-9-6-11(7-10-21)20-15(24)18-2/h11-12H,3-10,16H2,1-2H3,(H2,17,19,23)(H2,18,20,24)/t12-/m1/s1. The topological polar surface area (TPSA) is 129 Å². The smallest absolute Gasteiger partial charge is 0.314 e. The highest BCUT2D eigenvalue weighted by molar-refractivity contribution is 5.81. The summed E-state index contributed by atoms with van der Waals surface area (Å²) in [6, 6.07) is -0.806. The molecule has 1 aliphatic rings. The van der Waals surface area contributed by atoms with Gasteiger partial charge in [0.15, 0.2) is 0 Å². The molecule has 0 bridgehead atoms. The summed E-state index contributed by atoms with van der Waals surface area (Å²) >= 11 is 0. The van der Waals surface area contributed by atoms with E-state index in [2.05, 4.69) is 21.3 Å². The molecule has 9 nitrogen and oxygen atoms in total. The number of hydrogen-bond acceptors (Lipinski definition) is 4. The van der Waals surface area contributed by atoms with E-state index >= 15 is 0 Å². The normalized spacial score (nSPS) is 16.2. The molecule has 1 fully saturated rings. The molecular weight excluding hydrogens is 312 g/mol. The summed E-state index contributed by atoms with van der Waals surface area (Å²) in [5.41, 5.74) is 5.98. The number of rotatable bonds is 7. The molecule has 0 aromatic carbocycles. The van der Waals surface area contributed by atoms with Gasteiger partial charge < -0.3 is 31.9 Å². The Kier molecular flexibility index (Phi) is 8.92. The maximum Gasteiger partial charge on any atom is 0.314 e. The molecule has 1 rings (SSSR count). The van der Waals surface area contributed by atoms with E-state index in [0.717, 1.165) is 25.7 Å². The van der Waals surface area contributed by atoms with Crippen molar-refractivity contribution < 1.29 is 14.4 Å². The van der Waals surface area contributed by atoms with Crippen molar-refractivity contribution in [1.29, 1.82) is 0 Å². The lowest BCUT2D eigenvalue weighted by Crippen LogP contribution is -2.51. The maximum absolute atomic E-state index is 12.3. The van der Waals surface area contributed by atoms with Gasteiger partial charge in [-0.15, -0.1) is 0 Å². The second-order valence-electron chi connectivity index (χ2n) is 5.93. The molecule has 1 aliphatic heterocycles. The second kappa shape index (κ2) is 10.7. The predicted octanol–water partition coefficient (Wildman–Crippen LogP) is -0.667. The lowest BCUT2D eigenvalue weighted by atomic mass is 10.0. The van der Waals surface area contributed by atoms with Crippen LogP contribution in [0.4, 0.5) is 9.59 Å². The fourth-order valence-corrected chi connectivity index (χ4v) is 2.64. The van der Waals surface area contributed by atoms with Gasteiger partial charge in [-0.1, -0.05) is 0 Å². The summed E-state index contributed by atoms with van der Waals surface area (Å²) in [6.07, 6.45) is 3.65. The molecule has 0 aliphatic carbocycles. The molecule has 0 unspecified atom stereocenters. The highest BCUT2D eigenvalue weighted by Gasteiger charge is 2.26. The van der Waals surface area contributed by atoms with Crippen molar-refractivity contribution in [1.82, 2.24) is 26.2 Å². The predicted molar refractivity (Wildman–Crippen MR) is 91.5 cm³/mol. The van der Waals surface area contributed by atoms with Gasteiger partial charge in [-0.05, 0) is 32.1 Å². The van der Waals surface area contributed by atoms with E-state index in [-0.39, 0.29) is 24.0 Å². The van der Waals surface area contributed by atoms with E-state index in [9.17, 15) is 14.4 Å². The third-order valence-electron chi connectivity index (χ3n) is 4.14. The Bertz CT molecular complexity index is 423. The number of amides is 5. The molecular formula is C15H30N6O3. The summed E-state index contributed by atoms with van der Waals surface area (Å²) in [5.74, 6) is -0.0346. The molecule has 0 aromatic rings. The Morgan fingerprint density at radius 3 is 2.29 bits per heavy atom. The number of unbranched alkanes of at least 4 members (excludes halogenated alkanes) is 1. The first kappa shape index (κ1) is 20.0. The minimum Gasteiger partial charge on any atom is -0.341 e. The zero-order valence-electron chi connectivity index (χ0n) is 14.6. The third-order valence-corrected chi connectivity index (χ3v) is 4.14. The van der Waals surface area contributed by atoms with Crippen LogP contribution in [-0.4, -0.2) is 68.7 Å². The molecule has 9 heteroatoms. The first-order chi connectivity index (χ1) is 11.5. The Labute approximate surface area is 143 Å². The van der Waals surface area contributed by atoms with Crippen molar-refractivity contribution >= 4 is 18.0 Å². The molecule has 0 saturated carbocycles. The van der Waals surface area contributed by atoms with Crippen LogP contribution in [0.3, 0.4) is 0 Å². The SMILES string of the molecule is CNC(=O)NCCCC[C@@H](N)C(=O)N1CCC(NC(=O)NC)CC1. The number of carbonyl (C=O) groups is 3. The van der Waals surface area contributed by atoms with E-state index < -0.39 is 6.04 Å². The van der Waals surface area contributed by atoms with Crippen LogP contribution in [0.5, 0.6) is 0 Å². The van der Waals surface area contributed by atoms with Gasteiger partial charge in [0.05, 0.1) is 6.04 Å². The van der Waals surface area contributed by atoms with Crippen LogP contribution >= 0.6 is 0 Å². The summed E-state index contributed by atoms with van der Waals surface area (Å²) < 4.78 is 0. The van der Waals surface area contributed by atoms with Gasteiger partial charge >= 0.3 is 12.1 Å². The van der Waals surface area contributed by atoms with Gasteiger partial charge in [0, 0.05) is 39.8 Å². The minimum absolute atomic E-state index is 0.0346. The highest BCUT2D eigenvalue weighted by Crippen LogP contribution is 2.12. The van der Waals surface area contributed by atoms with E-state index in [1.54, 1.807) is 19.0 Å². The van der Waals surface area contributed by atoms with Crippen molar-refractivity contribution in [3.8, 4) is 0 Å². The zero-order chi connectivity index (χ0) is 17.9. The Balaban J connectivity index is 2.20. The molecule has 0 aromatic heterocycles. The average Bonchev–Trinajstić information content (AvgIpc) is 2.60. The van der Waals surface area contributed by atoms with Crippen LogP contribution in [-0.2, 0) is 4.79 Å². The van der Waals surface area contributed by atoms with Gasteiger partial charge in [-0.2, -0.15) is 0 Å². The van der Waals surface area contributed by atoms with Crippen molar-refractivity contribution in [2.75, 3.05) is 33.7 Å². The molecule has 6 N–H and O–H groups in total. The Morgan fingerprint density at radius 1 is 1.08 bits per heavy atom. The lowest BCUT2D eigenvalue weighted by Gasteiger charge is -2.33. The number of likely N-dealkylation sites (tertiary alicyclic amines) is 1. The van der Waals surface area contributed by atoms with Crippen LogP contribution in [0.25, 0.3) is 0 Å². The Morgan fingerprint density at radius 2 is 1.71 bits per heavy atom. The fraction of sp³-hybridized carbons (Fsp3) is 0.800. The van der Waals surface area contributed by atoms with Crippen molar-refractivity contribution in [2.45, 2.75) is 44.2 Å². The third kappa shape index (κ3) is 7.03. The maximum atomic E-state index is 12.3. The Hall–Kier alpha value is -2.03. The number of urea groups is 2. The lowest BCUT2D eigenvalue weighted by molar-refractivity contribution is -0.133. The average molecular weight is 342 g/mol. The molecule has 1 heterocycles. The van der Waals surface area contributed by atoms with E-state index in [1.807, 2.05) is 0 Å². The summed E-state index contributed by atoms with van der Waals surface area (Å²) in [4.78, 5) is 36.4. The van der Waals surface area contributed by atoms with Crippen LogP contribution in [0, 0.1) is 0 Å². The number of nitrogens with two attached hydrogens (primary N) is 1. The number of hydrogen-bond donors (Lipinski definition) is 5. The quantitative estimate of drug-likeness (QED) is 0.393. The van der Waals surface area contributed by atoms with Crippen molar-refractivity contribution in [3.63, 3.8) is 0 Å². The van der Waals surface area contributed by atoms with Crippen LogP contribution in [0.2, 0.25) is 0 Å². The molecule has 24 heavy (non-hydrogen) atoms. The van der Waals surface area contributed by atoms with Gasteiger partial charge in [0.2, 0.25) is 5.91 Å². The molecule has 1 atom stereocenters. The van der Waals surface area contributed by atoms with Crippen LogP contribution in [0.15, 0.2) is 0 Å². The number of carbonyl (C=O) groups excluding carboxylic acids is 3. The molecule has 0 spiro atoms. The van der Waals surface area contributed by atoms with Gasteiger partial charge in [-0.3, -0.25) is 4.79 Å². The second-order valence-corrected chi connectivity index (χ2v) is 5.93. The zero-order valence-corrected chi connectivity index (χ0v) is 14.6. The summed E-state index contributed by atoms with van der Waals surface area (Å²) in [6.45, 7) is 1.79. The number of piperidine rings is 1. The summed E-state index contributed by atoms with van der Waals surface area (Å²) in [5, 5.41) is 10.6.